The van der Waals surface area contributed by atoms with Crippen LogP contribution in [0.5, 0.6) is 0 Å². The summed E-state index contributed by atoms with van der Waals surface area (Å²) in [6.45, 7) is 3.57. The summed E-state index contributed by atoms with van der Waals surface area (Å²) in [4.78, 5) is 18.8. The lowest BCUT2D eigenvalue weighted by Crippen LogP contribution is -2.45. The Hall–Kier alpha value is -1.43. The summed E-state index contributed by atoms with van der Waals surface area (Å²) in [6.07, 6.45) is 5.32. The van der Waals surface area contributed by atoms with Crippen molar-refractivity contribution < 1.29 is 9.53 Å². The molecule has 0 radical (unpaired) electrons. The summed E-state index contributed by atoms with van der Waals surface area (Å²) in [5.74, 6) is 1.22. The van der Waals surface area contributed by atoms with Crippen LogP contribution in [0.15, 0.2) is 6.33 Å². The van der Waals surface area contributed by atoms with Gasteiger partial charge in [-0.3, -0.25) is 9.89 Å². The fourth-order valence-electron chi connectivity index (χ4n) is 3.03. The minimum atomic E-state index is -0.275. The SMILES string of the molecule is C[C@@H]1CCO[C@H]1C(=O)N1CCCC[C@H]1c1ncn[nH]1. The monoisotopic (exact) mass is 264 g/mol. The molecular weight excluding hydrogens is 244 g/mol. The highest BCUT2D eigenvalue weighted by Gasteiger charge is 2.38. The standard InChI is InChI=1S/C13H20N4O2/c1-9-5-7-19-11(9)13(18)17-6-3-2-4-10(17)12-14-8-15-16-12/h8-11H,2-7H2,1H3,(H,14,15,16)/t9-,10+,11-/m1/s1. The molecule has 1 aromatic heterocycles. The number of nitrogens with zero attached hydrogens (tertiary/aromatic N) is 3. The second-order valence-corrected chi connectivity index (χ2v) is 5.47. The molecule has 6 heteroatoms. The van der Waals surface area contributed by atoms with Crippen molar-refractivity contribution in [2.75, 3.05) is 13.2 Å². The van der Waals surface area contributed by atoms with Gasteiger partial charge in [-0.05, 0) is 31.6 Å². The van der Waals surface area contributed by atoms with E-state index in [0.717, 1.165) is 38.1 Å². The highest BCUT2D eigenvalue weighted by Crippen LogP contribution is 2.31. The molecule has 19 heavy (non-hydrogen) atoms. The molecule has 2 aliphatic heterocycles. The Bertz CT molecular complexity index is 434. The first kappa shape index (κ1) is 12.6. The average molecular weight is 264 g/mol. The molecule has 2 fully saturated rings. The van der Waals surface area contributed by atoms with Crippen molar-refractivity contribution in [1.82, 2.24) is 20.1 Å². The topological polar surface area (TPSA) is 71.1 Å². The van der Waals surface area contributed by atoms with Crippen LogP contribution in [0.3, 0.4) is 0 Å². The van der Waals surface area contributed by atoms with Crippen molar-refractivity contribution in [3.8, 4) is 0 Å². The molecule has 0 aromatic carbocycles. The van der Waals surface area contributed by atoms with Gasteiger partial charge in [0.25, 0.3) is 5.91 Å². The second-order valence-electron chi connectivity index (χ2n) is 5.47. The largest absolute Gasteiger partial charge is 0.368 e. The molecule has 6 nitrogen and oxygen atoms in total. The molecule has 1 aromatic rings. The maximum atomic E-state index is 12.7. The Morgan fingerprint density at radius 1 is 1.47 bits per heavy atom. The van der Waals surface area contributed by atoms with Gasteiger partial charge >= 0.3 is 0 Å². The number of amides is 1. The van der Waals surface area contributed by atoms with E-state index >= 15 is 0 Å². The van der Waals surface area contributed by atoms with Gasteiger partial charge in [-0.15, -0.1) is 0 Å². The number of H-pyrrole nitrogens is 1. The first-order valence-corrected chi connectivity index (χ1v) is 7.04. The van der Waals surface area contributed by atoms with Crippen LogP contribution >= 0.6 is 0 Å². The van der Waals surface area contributed by atoms with Gasteiger partial charge in [0, 0.05) is 13.2 Å². The van der Waals surface area contributed by atoms with Crippen molar-refractivity contribution in [2.24, 2.45) is 5.92 Å². The number of nitrogens with one attached hydrogen (secondary N) is 1. The number of rotatable bonds is 2. The van der Waals surface area contributed by atoms with Crippen LogP contribution in [0, 0.1) is 5.92 Å². The third-order valence-corrected chi connectivity index (χ3v) is 4.17. The van der Waals surface area contributed by atoms with E-state index in [-0.39, 0.29) is 18.1 Å². The fraction of sp³-hybridized carbons (Fsp3) is 0.769. The number of piperidine rings is 1. The molecule has 2 aliphatic rings. The summed E-state index contributed by atoms with van der Waals surface area (Å²) in [7, 11) is 0. The molecule has 3 heterocycles. The van der Waals surface area contributed by atoms with Crippen LogP contribution in [-0.4, -0.2) is 45.2 Å². The van der Waals surface area contributed by atoms with Gasteiger partial charge in [0.15, 0.2) is 0 Å². The van der Waals surface area contributed by atoms with Crippen molar-refractivity contribution in [3.63, 3.8) is 0 Å². The van der Waals surface area contributed by atoms with Gasteiger partial charge in [-0.2, -0.15) is 5.10 Å². The second kappa shape index (κ2) is 5.28. The lowest BCUT2D eigenvalue weighted by molar-refractivity contribution is -0.146. The highest BCUT2D eigenvalue weighted by atomic mass is 16.5. The van der Waals surface area contributed by atoms with Crippen molar-refractivity contribution in [2.45, 2.75) is 44.8 Å². The van der Waals surface area contributed by atoms with Gasteiger partial charge in [-0.25, -0.2) is 4.98 Å². The molecule has 2 saturated heterocycles. The number of carbonyl (C=O) groups is 1. The molecule has 0 spiro atoms. The predicted octanol–water partition coefficient (Wildman–Crippen LogP) is 1.28. The zero-order valence-corrected chi connectivity index (χ0v) is 11.2. The lowest BCUT2D eigenvalue weighted by atomic mass is 9.97. The number of likely N-dealkylation sites (tertiary alicyclic amines) is 1. The van der Waals surface area contributed by atoms with Crippen LogP contribution in [-0.2, 0) is 9.53 Å². The van der Waals surface area contributed by atoms with Crippen LogP contribution in [0.4, 0.5) is 0 Å². The minimum absolute atomic E-state index is 0.0279. The molecule has 1 N–H and O–H groups in total. The molecule has 104 valence electrons. The molecule has 0 bridgehead atoms. The smallest absolute Gasteiger partial charge is 0.252 e. The molecule has 3 atom stereocenters. The summed E-state index contributed by atoms with van der Waals surface area (Å²) >= 11 is 0. The predicted molar refractivity (Wildman–Crippen MR) is 68.2 cm³/mol. The fourth-order valence-corrected chi connectivity index (χ4v) is 3.03. The lowest BCUT2D eigenvalue weighted by Gasteiger charge is -2.36. The van der Waals surface area contributed by atoms with E-state index in [4.69, 9.17) is 4.74 Å². The third kappa shape index (κ3) is 2.36. The number of hydrogen-bond donors (Lipinski definition) is 1. The van der Waals surface area contributed by atoms with Gasteiger partial charge in [0.2, 0.25) is 0 Å². The molecule has 0 aliphatic carbocycles. The summed E-state index contributed by atoms with van der Waals surface area (Å²) in [5.41, 5.74) is 0. The Kier molecular flexibility index (Phi) is 3.50. The number of hydrogen-bond acceptors (Lipinski definition) is 4. The first-order chi connectivity index (χ1) is 9.27. The Balaban J connectivity index is 1.78. The van der Waals surface area contributed by atoms with Gasteiger partial charge in [0.05, 0.1) is 6.04 Å². The maximum Gasteiger partial charge on any atom is 0.252 e. The zero-order chi connectivity index (χ0) is 13.2. The summed E-state index contributed by atoms with van der Waals surface area (Å²) in [6, 6.07) is 0.0279. The molecule has 0 unspecified atom stereocenters. The maximum absolute atomic E-state index is 12.7. The van der Waals surface area contributed by atoms with Crippen molar-refractivity contribution in [3.05, 3.63) is 12.2 Å². The van der Waals surface area contributed by atoms with Crippen LogP contribution in [0.2, 0.25) is 0 Å². The van der Waals surface area contributed by atoms with Gasteiger partial charge < -0.3 is 9.64 Å². The number of aromatic amines is 1. The quantitative estimate of drug-likeness (QED) is 0.873. The van der Waals surface area contributed by atoms with E-state index in [2.05, 4.69) is 22.1 Å². The summed E-state index contributed by atoms with van der Waals surface area (Å²) in [5, 5.41) is 6.80. The Morgan fingerprint density at radius 3 is 3.05 bits per heavy atom. The van der Waals surface area contributed by atoms with Crippen LogP contribution < -0.4 is 0 Å². The third-order valence-electron chi connectivity index (χ3n) is 4.17. The average Bonchev–Trinajstić information content (AvgIpc) is 3.09. The summed E-state index contributed by atoms with van der Waals surface area (Å²) < 4.78 is 5.61. The highest BCUT2D eigenvalue weighted by molar-refractivity contribution is 5.82. The number of carbonyl (C=O) groups excluding carboxylic acids is 1. The van der Waals surface area contributed by atoms with Gasteiger partial charge in [-0.1, -0.05) is 6.92 Å². The Morgan fingerprint density at radius 2 is 2.37 bits per heavy atom. The van der Waals surface area contributed by atoms with Gasteiger partial charge in [0.1, 0.15) is 18.3 Å². The van der Waals surface area contributed by atoms with Crippen LogP contribution in [0.1, 0.15) is 44.5 Å². The van der Waals surface area contributed by atoms with E-state index in [1.165, 1.54) is 6.33 Å². The van der Waals surface area contributed by atoms with E-state index < -0.39 is 0 Å². The zero-order valence-electron chi connectivity index (χ0n) is 11.2. The van der Waals surface area contributed by atoms with E-state index in [1.807, 2.05) is 4.90 Å². The number of aromatic nitrogens is 3. The molecule has 3 rings (SSSR count). The minimum Gasteiger partial charge on any atom is -0.368 e. The van der Waals surface area contributed by atoms with E-state index in [1.54, 1.807) is 0 Å². The first-order valence-electron chi connectivity index (χ1n) is 7.04. The van der Waals surface area contributed by atoms with Crippen LogP contribution in [0.25, 0.3) is 0 Å². The van der Waals surface area contributed by atoms with Crippen molar-refractivity contribution >= 4 is 5.91 Å². The Labute approximate surface area is 112 Å². The molecule has 0 saturated carbocycles. The van der Waals surface area contributed by atoms with E-state index in [0.29, 0.717) is 12.5 Å². The normalized spacial score (nSPS) is 31.6. The van der Waals surface area contributed by atoms with Crippen molar-refractivity contribution in [1.29, 1.82) is 0 Å². The molecule has 1 amide bonds. The van der Waals surface area contributed by atoms with E-state index in [9.17, 15) is 4.79 Å². The number of ether oxygens (including phenoxy) is 1. The molecular formula is C13H20N4O2.